The molecule has 0 unspecified atom stereocenters. The molecule has 35 heavy (non-hydrogen) atoms. The first kappa shape index (κ1) is 21.7. The third-order valence-electron chi connectivity index (χ3n) is 7.04. The zero-order valence-electron chi connectivity index (χ0n) is 19.4. The van der Waals surface area contributed by atoms with Crippen LogP contribution in [-0.2, 0) is 16.6 Å². The molecule has 174 valence electrons. The number of fused-ring (bicyclic) bond motifs is 1. The van der Waals surface area contributed by atoms with Crippen LogP contribution in [0.25, 0.3) is 32.7 Å². The summed E-state index contributed by atoms with van der Waals surface area (Å²) in [5, 5.41) is 17.0. The number of aryl methyl sites for hydroxylation is 2. The molecule has 0 aliphatic heterocycles. The zero-order valence-corrected chi connectivity index (χ0v) is 20.2. The first-order valence-corrected chi connectivity index (χ1v) is 12.4. The van der Waals surface area contributed by atoms with E-state index in [9.17, 15) is 9.90 Å². The fourth-order valence-electron chi connectivity index (χ4n) is 4.76. The number of carboxylic acid groups (broad SMARTS) is 1. The molecule has 1 fully saturated rings. The van der Waals surface area contributed by atoms with Crippen molar-refractivity contribution < 1.29 is 14.4 Å². The van der Waals surface area contributed by atoms with Crippen LogP contribution in [0.1, 0.15) is 40.9 Å². The van der Waals surface area contributed by atoms with Crippen LogP contribution >= 0.6 is 11.3 Å². The van der Waals surface area contributed by atoms with Crippen molar-refractivity contribution in [2.75, 3.05) is 0 Å². The van der Waals surface area contributed by atoms with E-state index in [1.807, 2.05) is 43.3 Å². The molecule has 5 aromatic rings. The number of thiophene rings is 1. The lowest BCUT2D eigenvalue weighted by atomic mass is 9.93. The number of carboxylic acids is 1. The van der Waals surface area contributed by atoms with Gasteiger partial charge in [-0.15, -0.1) is 11.3 Å². The van der Waals surface area contributed by atoms with Crippen LogP contribution in [0.2, 0.25) is 0 Å². The zero-order chi connectivity index (χ0) is 24.2. The Kier molecular flexibility index (Phi) is 5.04. The lowest BCUT2D eigenvalue weighted by molar-refractivity contribution is -0.140. The van der Waals surface area contributed by atoms with E-state index in [1.165, 1.54) is 5.56 Å². The van der Waals surface area contributed by atoms with E-state index >= 15 is 0 Å². The third-order valence-corrected chi connectivity index (χ3v) is 8.04. The Labute approximate surface area is 206 Å². The minimum Gasteiger partial charge on any atom is -0.481 e. The van der Waals surface area contributed by atoms with Crippen LogP contribution in [0.15, 0.2) is 64.8 Å². The maximum absolute atomic E-state index is 11.6. The molecule has 1 N–H and O–H groups in total. The van der Waals surface area contributed by atoms with Crippen LogP contribution in [0.3, 0.4) is 0 Å². The summed E-state index contributed by atoms with van der Waals surface area (Å²) in [5.74, 6) is 0.0193. The molecule has 1 aliphatic carbocycles. The van der Waals surface area contributed by atoms with Crippen molar-refractivity contribution in [3.05, 3.63) is 88.3 Å². The van der Waals surface area contributed by atoms with Crippen molar-refractivity contribution >= 4 is 27.5 Å². The van der Waals surface area contributed by atoms with Gasteiger partial charge < -0.3 is 9.63 Å². The van der Waals surface area contributed by atoms with E-state index in [1.54, 1.807) is 17.7 Å². The van der Waals surface area contributed by atoms with Crippen LogP contribution in [-0.4, -0.2) is 26.2 Å². The van der Waals surface area contributed by atoms with Crippen LogP contribution < -0.4 is 0 Å². The lowest BCUT2D eigenvalue weighted by Crippen LogP contribution is -2.19. The summed E-state index contributed by atoms with van der Waals surface area (Å²) < 4.78 is 5.76. The second-order valence-corrected chi connectivity index (χ2v) is 10.1. The Morgan fingerprint density at radius 3 is 2.31 bits per heavy atom. The first-order chi connectivity index (χ1) is 17.0. The monoisotopic (exact) mass is 481 g/mol. The fourth-order valence-corrected chi connectivity index (χ4v) is 5.68. The van der Waals surface area contributed by atoms with Crippen molar-refractivity contribution in [1.82, 2.24) is 15.1 Å². The summed E-state index contributed by atoms with van der Waals surface area (Å²) in [4.78, 5) is 21.6. The van der Waals surface area contributed by atoms with Crippen LogP contribution in [0, 0.1) is 13.8 Å². The minimum atomic E-state index is -0.732. The molecule has 0 spiro atoms. The van der Waals surface area contributed by atoms with Gasteiger partial charge in [-0.1, -0.05) is 53.7 Å². The average molecular weight is 482 g/mol. The van der Waals surface area contributed by atoms with Crippen molar-refractivity contribution in [1.29, 1.82) is 0 Å². The molecule has 6 nitrogen and oxygen atoms in total. The number of rotatable bonds is 6. The number of nitrogens with zero attached hydrogens (tertiary/aromatic N) is 3. The quantitative estimate of drug-likeness (QED) is 0.304. The topological polar surface area (TPSA) is 89.1 Å². The predicted molar refractivity (Wildman–Crippen MR) is 136 cm³/mol. The molecule has 3 heterocycles. The summed E-state index contributed by atoms with van der Waals surface area (Å²) in [6.45, 7) is 4.05. The molecule has 1 aliphatic rings. The van der Waals surface area contributed by atoms with Gasteiger partial charge in [0.1, 0.15) is 11.2 Å². The van der Waals surface area contributed by atoms with Gasteiger partial charge in [-0.3, -0.25) is 4.79 Å². The highest BCUT2D eigenvalue weighted by molar-refractivity contribution is 7.16. The van der Waals surface area contributed by atoms with Crippen molar-refractivity contribution in [3.8, 4) is 22.5 Å². The smallest absolute Gasteiger partial charge is 0.314 e. The molecule has 6 rings (SSSR count). The average Bonchev–Trinajstić information content (AvgIpc) is 3.51. The Hall–Kier alpha value is -3.84. The fraction of sp³-hybridized carbons (Fsp3) is 0.214. The molecule has 7 heteroatoms. The van der Waals surface area contributed by atoms with Gasteiger partial charge in [0.15, 0.2) is 5.76 Å². The van der Waals surface area contributed by atoms with Crippen LogP contribution in [0.4, 0.5) is 0 Å². The number of aliphatic carboxylic acids is 1. The highest BCUT2D eigenvalue weighted by atomic mass is 32.1. The highest BCUT2D eigenvalue weighted by Crippen LogP contribution is 2.48. The van der Waals surface area contributed by atoms with Gasteiger partial charge in [0.2, 0.25) is 0 Å². The Morgan fingerprint density at radius 1 is 1.00 bits per heavy atom. The molecule has 0 saturated heterocycles. The lowest BCUT2D eigenvalue weighted by Gasteiger charge is -2.11. The Balaban J connectivity index is 1.29. The van der Waals surface area contributed by atoms with E-state index in [0.717, 1.165) is 55.2 Å². The van der Waals surface area contributed by atoms with Gasteiger partial charge in [-0.25, -0.2) is 9.97 Å². The second-order valence-electron chi connectivity index (χ2n) is 9.21. The van der Waals surface area contributed by atoms with Crippen molar-refractivity contribution in [2.24, 2.45) is 0 Å². The molecular formula is C28H23N3O3S. The Morgan fingerprint density at radius 2 is 1.66 bits per heavy atom. The summed E-state index contributed by atoms with van der Waals surface area (Å²) in [6, 6.07) is 16.1. The Bertz CT molecular complexity index is 1560. The molecule has 0 amide bonds. The van der Waals surface area contributed by atoms with E-state index in [4.69, 9.17) is 4.52 Å². The normalized spacial score (nSPS) is 14.3. The SMILES string of the molecule is Cc1noc(-c2ccc(-c3ccc(C4(C(=O)O)CC4)cc3)cc2)c1Cc1ncnc2scc(C)c12. The van der Waals surface area contributed by atoms with Gasteiger partial charge in [0.25, 0.3) is 0 Å². The highest BCUT2D eigenvalue weighted by Gasteiger charge is 2.51. The second kappa shape index (κ2) is 8.13. The van der Waals surface area contributed by atoms with E-state index in [-0.39, 0.29) is 0 Å². The van der Waals surface area contributed by atoms with E-state index in [0.29, 0.717) is 19.3 Å². The van der Waals surface area contributed by atoms with Gasteiger partial charge in [0, 0.05) is 22.9 Å². The summed E-state index contributed by atoms with van der Waals surface area (Å²) in [5.41, 5.74) is 7.30. The van der Waals surface area contributed by atoms with Gasteiger partial charge in [0.05, 0.1) is 16.8 Å². The summed E-state index contributed by atoms with van der Waals surface area (Å²) in [6.07, 6.45) is 3.66. The molecule has 0 radical (unpaired) electrons. The largest absolute Gasteiger partial charge is 0.481 e. The maximum atomic E-state index is 11.6. The molecule has 3 aromatic heterocycles. The van der Waals surface area contributed by atoms with Gasteiger partial charge in [-0.2, -0.15) is 0 Å². The number of aromatic nitrogens is 3. The molecule has 0 bridgehead atoms. The molecule has 1 saturated carbocycles. The summed E-state index contributed by atoms with van der Waals surface area (Å²) >= 11 is 1.63. The standard InChI is InChI=1S/C28H23N3O3S/c1-16-14-35-26-24(16)23(29-15-30-26)13-22-17(2)31-34-25(22)20-5-3-18(4-6-20)19-7-9-21(10-8-19)28(11-12-28)27(32)33/h3-10,14-15H,11-13H2,1-2H3,(H,32,33). The number of hydrogen-bond acceptors (Lipinski definition) is 6. The van der Waals surface area contributed by atoms with Crippen LogP contribution in [0.5, 0.6) is 0 Å². The number of hydrogen-bond donors (Lipinski definition) is 1. The molecule has 2 aromatic carbocycles. The molecular weight excluding hydrogens is 458 g/mol. The van der Waals surface area contributed by atoms with Gasteiger partial charge in [-0.05, 0) is 54.3 Å². The molecule has 0 atom stereocenters. The van der Waals surface area contributed by atoms with E-state index in [2.05, 4.69) is 39.6 Å². The number of carbonyl (C=O) groups is 1. The maximum Gasteiger partial charge on any atom is 0.314 e. The summed E-state index contributed by atoms with van der Waals surface area (Å²) in [7, 11) is 0. The van der Waals surface area contributed by atoms with Crippen molar-refractivity contribution in [3.63, 3.8) is 0 Å². The third kappa shape index (κ3) is 3.63. The van der Waals surface area contributed by atoms with E-state index < -0.39 is 11.4 Å². The first-order valence-electron chi connectivity index (χ1n) is 11.5. The number of benzene rings is 2. The minimum absolute atomic E-state index is 0.621. The van der Waals surface area contributed by atoms with Crippen molar-refractivity contribution in [2.45, 2.75) is 38.5 Å². The van der Waals surface area contributed by atoms with Gasteiger partial charge >= 0.3 is 5.97 Å². The predicted octanol–water partition coefficient (Wildman–Crippen LogP) is 6.34.